The Hall–Kier alpha value is -1.79. The van der Waals surface area contributed by atoms with Crippen LogP contribution < -0.4 is 0 Å². The predicted octanol–water partition coefficient (Wildman–Crippen LogP) is 2.39. The summed E-state index contributed by atoms with van der Waals surface area (Å²) in [5.41, 5.74) is 1.60. The smallest absolute Gasteiger partial charge is 0.137 e. The zero-order chi connectivity index (χ0) is 13.8. The zero-order valence-corrected chi connectivity index (χ0v) is 13.0. The summed E-state index contributed by atoms with van der Waals surface area (Å²) in [7, 11) is -0.475. The number of rotatable bonds is 5. The minimum Gasteiger partial charge on any atom is -0.257 e. The summed E-state index contributed by atoms with van der Waals surface area (Å²) >= 11 is 1.76. The second-order valence-corrected chi connectivity index (χ2v) is 7.39. The Balaban J connectivity index is 1.82. The van der Waals surface area contributed by atoms with Gasteiger partial charge in [0.05, 0.1) is 9.52 Å². The quantitative estimate of drug-likeness (QED) is 0.678. The summed E-state index contributed by atoms with van der Waals surface area (Å²) in [4.78, 5) is 5.32. The highest BCUT2D eigenvalue weighted by Gasteiger charge is 2.16. The summed E-state index contributed by atoms with van der Waals surface area (Å²) in [5, 5.41) is 6.25. The molecule has 1 unspecified atom stereocenters. The van der Waals surface area contributed by atoms with Gasteiger partial charge in [0.25, 0.3) is 0 Å². The summed E-state index contributed by atoms with van der Waals surface area (Å²) in [6.45, 7) is 0. The lowest BCUT2D eigenvalue weighted by Crippen LogP contribution is -2.16. The maximum Gasteiger partial charge on any atom is 0.137 e. The van der Waals surface area contributed by atoms with Crippen molar-refractivity contribution in [3.63, 3.8) is 0 Å². The number of hydrogen-bond acceptors (Lipinski definition) is 3. The number of benzene rings is 1. The molecule has 6 heteroatoms. The first-order valence-corrected chi connectivity index (χ1v) is 9.14. The molecule has 0 fully saturated rings. The largest absolute Gasteiger partial charge is 0.257 e. The van der Waals surface area contributed by atoms with E-state index in [9.17, 15) is 4.39 Å². The molecule has 20 heavy (non-hydrogen) atoms. The van der Waals surface area contributed by atoms with Crippen molar-refractivity contribution in [2.75, 3.05) is 0 Å². The van der Waals surface area contributed by atoms with Crippen LogP contribution in [0.5, 0.6) is 0 Å². The Labute approximate surface area is 122 Å². The van der Waals surface area contributed by atoms with E-state index in [1.54, 1.807) is 36.1 Å². The first kappa shape index (κ1) is 13.2. The van der Waals surface area contributed by atoms with Crippen LogP contribution in [-0.2, 0) is 6.17 Å². The van der Waals surface area contributed by atoms with Gasteiger partial charge in [-0.25, -0.2) is 9.37 Å². The number of nitrogens with zero attached hydrogens (tertiary/aromatic N) is 3. The van der Waals surface area contributed by atoms with Gasteiger partial charge in [-0.2, -0.15) is 5.10 Å². The standard InChI is InChI=1S/C14H14FN3SSi/c15-12-5-3-11(4-6-12)14(13-2-1-7-19-13)20-10-18-9-16-8-17-18/h1-9,14H,10,20H2. The molecule has 1 aromatic carbocycles. The Morgan fingerprint density at radius 3 is 2.75 bits per heavy atom. The second-order valence-electron chi connectivity index (χ2n) is 4.57. The van der Waals surface area contributed by atoms with Gasteiger partial charge in [-0.05, 0) is 29.1 Å². The van der Waals surface area contributed by atoms with Crippen LogP contribution in [0.4, 0.5) is 4.39 Å². The van der Waals surface area contributed by atoms with Crippen LogP contribution in [0.1, 0.15) is 16.0 Å². The van der Waals surface area contributed by atoms with Crippen LogP contribution in [0.2, 0.25) is 0 Å². The van der Waals surface area contributed by atoms with Crippen LogP contribution in [-0.4, -0.2) is 24.3 Å². The number of aromatic nitrogens is 3. The van der Waals surface area contributed by atoms with Gasteiger partial charge in [0, 0.05) is 16.6 Å². The fourth-order valence-corrected chi connectivity index (χ4v) is 5.46. The van der Waals surface area contributed by atoms with Gasteiger partial charge in [0.15, 0.2) is 0 Å². The van der Waals surface area contributed by atoms with Crippen LogP contribution in [0.25, 0.3) is 0 Å². The third kappa shape index (κ3) is 3.02. The zero-order valence-electron chi connectivity index (χ0n) is 10.8. The van der Waals surface area contributed by atoms with Crippen molar-refractivity contribution in [3.8, 4) is 0 Å². The number of thiophene rings is 1. The van der Waals surface area contributed by atoms with E-state index in [0.717, 1.165) is 6.17 Å². The summed E-state index contributed by atoms with van der Waals surface area (Å²) in [5.74, 6) is -0.184. The van der Waals surface area contributed by atoms with Gasteiger partial charge in [0.2, 0.25) is 0 Å². The van der Waals surface area contributed by atoms with Crippen LogP contribution in [0.15, 0.2) is 54.4 Å². The predicted molar refractivity (Wildman–Crippen MR) is 81.1 cm³/mol. The summed E-state index contributed by atoms with van der Waals surface area (Å²) < 4.78 is 15.0. The van der Waals surface area contributed by atoms with Gasteiger partial charge in [0.1, 0.15) is 18.5 Å². The summed E-state index contributed by atoms with van der Waals surface area (Å²) in [6.07, 6.45) is 4.25. The third-order valence-corrected chi connectivity index (χ3v) is 6.76. The fraction of sp³-hybridized carbons (Fsp3) is 0.143. The lowest BCUT2D eigenvalue weighted by molar-refractivity contribution is 0.627. The van der Waals surface area contributed by atoms with Gasteiger partial charge in [-0.15, -0.1) is 11.3 Å². The van der Waals surface area contributed by atoms with E-state index in [-0.39, 0.29) is 5.82 Å². The van der Waals surface area contributed by atoms with Crippen LogP contribution in [0.3, 0.4) is 0 Å². The molecule has 0 aliphatic rings. The van der Waals surface area contributed by atoms with Crippen LogP contribution >= 0.6 is 11.3 Å². The molecular weight excluding hydrogens is 289 g/mol. The molecule has 2 heterocycles. The number of halogens is 1. The monoisotopic (exact) mass is 303 g/mol. The SMILES string of the molecule is Fc1ccc(C([SiH2]Cn2cncn2)c2cccs2)cc1. The van der Waals surface area contributed by atoms with Crippen molar-refractivity contribution >= 4 is 20.9 Å². The third-order valence-electron chi connectivity index (χ3n) is 3.27. The van der Waals surface area contributed by atoms with Crippen molar-refractivity contribution in [1.29, 1.82) is 0 Å². The molecule has 102 valence electrons. The van der Waals surface area contributed by atoms with Gasteiger partial charge >= 0.3 is 0 Å². The van der Waals surface area contributed by atoms with Gasteiger partial charge in [-0.3, -0.25) is 4.68 Å². The minimum atomic E-state index is -0.475. The van der Waals surface area contributed by atoms with Crippen molar-refractivity contribution in [3.05, 3.63) is 70.7 Å². The van der Waals surface area contributed by atoms with Crippen molar-refractivity contribution in [1.82, 2.24) is 14.8 Å². The molecule has 0 saturated carbocycles. The molecule has 0 saturated heterocycles. The van der Waals surface area contributed by atoms with E-state index in [0.29, 0.717) is 5.54 Å². The molecule has 2 aromatic heterocycles. The topological polar surface area (TPSA) is 30.7 Å². The molecule has 0 amide bonds. The maximum atomic E-state index is 13.1. The molecule has 0 N–H and O–H groups in total. The maximum absolute atomic E-state index is 13.1. The highest BCUT2D eigenvalue weighted by molar-refractivity contribution is 7.10. The summed E-state index contributed by atoms with van der Waals surface area (Å²) in [6, 6.07) is 11.1. The van der Waals surface area contributed by atoms with E-state index in [4.69, 9.17) is 0 Å². The lowest BCUT2D eigenvalue weighted by atomic mass is 10.1. The fourth-order valence-electron chi connectivity index (χ4n) is 2.27. The van der Waals surface area contributed by atoms with E-state index in [1.165, 1.54) is 10.4 Å². The molecule has 1 atom stereocenters. The Kier molecular flexibility index (Phi) is 4.03. The molecule has 3 rings (SSSR count). The van der Waals surface area contributed by atoms with Crippen molar-refractivity contribution < 1.29 is 4.39 Å². The second kappa shape index (κ2) is 6.11. The first-order chi connectivity index (χ1) is 9.83. The molecular formula is C14H14FN3SSi. The average Bonchev–Trinajstić information content (AvgIpc) is 3.14. The molecule has 0 aliphatic heterocycles. The normalized spacial score (nSPS) is 13.1. The molecule has 0 radical (unpaired) electrons. The molecule has 0 bridgehead atoms. The van der Waals surface area contributed by atoms with Crippen molar-refractivity contribution in [2.24, 2.45) is 0 Å². The Bertz CT molecular complexity index is 638. The van der Waals surface area contributed by atoms with Crippen molar-refractivity contribution in [2.45, 2.75) is 11.7 Å². The highest BCUT2D eigenvalue weighted by atomic mass is 32.1. The minimum absolute atomic E-state index is 0.184. The average molecular weight is 303 g/mol. The van der Waals surface area contributed by atoms with E-state index < -0.39 is 9.52 Å². The van der Waals surface area contributed by atoms with E-state index in [1.807, 2.05) is 16.8 Å². The molecule has 0 aliphatic carbocycles. The molecule has 3 nitrogen and oxygen atoms in total. The van der Waals surface area contributed by atoms with E-state index >= 15 is 0 Å². The Morgan fingerprint density at radius 1 is 1.25 bits per heavy atom. The van der Waals surface area contributed by atoms with Gasteiger partial charge in [-0.1, -0.05) is 18.2 Å². The first-order valence-electron chi connectivity index (χ1n) is 6.44. The lowest BCUT2D eigenvalue weighted by Gasteiger charge is -2.15. The highest BCUT2D eigenvalue weighted by Crippen LogP contribution is 2.27. The number of hydrogen-bond donors (Lipinski definition) is 0. The van der Waals surface area contributed by atoms with E-state index in [2.05, 4.69) is 27.6 Å². The van der Waals surface area contributed by atoms with Gasteiger partial charge < -0.3 is 0 Å². The molecule has 0 spiro atoms. The van der Waals surface area contributed by atoms with Crippen LogP contribution in [0, 0.1) is 5.82 Å². The molecule has 3 aromatic rings. The Morgan fingerprint density at radius 2 is 2.10 bits per heavy atom.